The van der Waals surface area contributed by atoms with Crippen molar-refractivity contribution in [3.8, 4) is 5.75 Å². The van der Waals surface area contributed by atoms with Crippen molar-refractivity contribution in [1.29, 1.82) is 0 Å². The molecule has 3 nitrogen and oxygen atoms in total. The van der Waals surface area contributed by atoms with Crippen molar-refractivity contribution in [2.24, 2.45) is 5.73 Å². The monoisotopic (exact) mass is 300 g/mol. The predicted molar refractivity (Wildman–Crippen MR) is 86.9 cm³/mol. The number of nitrogens with two attached hydrogens (primary N) is 1. The maximum atomic E-state index is 13.5. The van der Waals surface area contributed by atoms with Crippen molar-refractivity contribution in [2.45, 2.75) is 18.4 Å². The summed E-state index contributed by atoms with van der Waals surface area (Å²) in [4.78, 5) is 2.26. The van der Waals surface area contributed by atoms with E-state index >= 15 is 0 Å². The van der Waals surface area contributed by atoms with Crippen LogP contribution in [0.1, 0.15) is 17.9 Å². The summed E-state index contributed by atoms with van der Waals surface area (Å²) < 4.78 is 18.8. The number of piperidine rings is 1. The summed E-state index contributed by atoms with van der Waals surface area (Å²) in [5.74, 6) is 0.883. The predicted octanol–water partition coefficient (Wildman–Crippen LogP) is 3.16. The fraction of sp³-hybridized carbons (Fsp3) is 0.333. The molecule has 2 aromatic carbocycles. The quantitative estimate of drug-likeness (QED) is 0.946. The first-order valence-electron chi connectivity index (χ1n) is 7.56. The molecule has 22 heavy (non-hydrogen) atoms. The zero-order valence-corrected chi connectivity index (χ0v) is 12.7. The van der Waals surface area contributed by atoms with Crippen molar-refractivity contribution in [2.75, 3.05) is 25.1 Å². The molecule has 1 fully saturated rings. The molecule has 2 aromatic rings. The van der Waals surface area contributed by atoms with Gasteiger partial charge in [0.1, 0.15) is 11.6 Å². The molecule has 3 rings (SSSR count). The van der Waals surface area contributed by atoms with Crippen LogP contribution in [-0.4, -0.2) is 26.2 Å². The lowest BCUT2D eigenvalue weighted by molar-refractivity contribution is 0.413. The highest BCUT2D eigenvalue weighted by Crippen LogP contribution is 2.31. The van der Waals surface area contributed by atoms with Crippen LogP contribution in [-0.2, 0) is 0 Å². The normalized spacial score (nSPS) is 21.7. The van der Waals surface area contributed by atoms with Crippen LogP contribution in [0.5, 0.6) is 5.75 Å². The van der Waals surface area contributed by atoms with Crippen LogP contribution in [0.3, 0.4) is 0 Å². The molecule has 0 radical (unpaired) electrons. The van der Waals surface area contributed by atoms with Crippen LogP contribution in [0.15, 0.2) is 48.5 Å². The summed E-state index contributed by atoms with van der Waals surface area (Å²) in [7, 11) is 1.66. The van der Waals surface area contributed by atoms with Gasteiger partial charge in [-0.25, -0.2) is 4.39 Å². The molecule has 4 heteroatoms. The topological polar surface area (TPSA) is 38.5 Å². The fourth-order valence-corrected chi connectivity index (χ4v) is 3.16. The van der Waals surface area contributed by atoms with Gasteiger partial charge in [0.05, 0.1) is 7.11 Å². The van der Waals surface area contributed by atoms with Crippen molar-refractivity contribution in [3.63, 3.8) is 0 Å². The van der Waals surface area contributed by atoms with Gasteiger partial charge in [-0.1, -0.05) is 18.2 Å². The van der Waals surface area contributed by atoms with E-state index in [4.69, 9.17) is 10.5 Å². The molecular formula is C18H21FN2O. The van der Waals surface area contributed by atoms with Gasteiger partial charge >= 0.3 is 0 Å². The second kappa shape index (κ2) is 6.36. The number of methoxy groups -OCH3 is 1. The molecule has 0 bridgehead atoms. The van der Waals surface area contributed by atoms with Crippen molar-refractivity contribution in [1.82, 2.24) is 0 Å². The average molecular weight is 300 g/mol. The number of anilines is 1. The highest BCUT2D eigenvalue weighted by Gasteiger charge is 2.26. The summed E-state index contributed by atoms with van der Waals surface area (Å²) in [6.45, 7) is 1.64. The second-order valence-corrected chi connectivity index (χ2v) is 5.85. The maximum absolute atomic E-state index is 13.5. The van der Waals surface area contributed by atoms with E-state index in [9.17, 15) is 4.39 Å². The summed E-state index contributed by atoms with van der Waals surface area (Å²) in [5, 5.41) is 0. The van der Waals surface area contributed by atoms with Crippen molar-refractivity contribution < 1.29 is 9.13 Å². The number of hydrogen-bond acceptors (Lipinski definition) is 3. The third-order valence-electron chi connectivity index (χ3n) is 4.22. The molecule has 1 aliphatic heterocycles. The Morgan fingerprint density at radius 1 is 1.14 bits per heavy atom. The largest absolute Gasteiger partial charge is 0.497 e. The van der Waals surface area contributed by atoms with Crippen molar-refractivity contribution >= 4 is 5.69 Å². The van der Waals surface area contributed by atoms with Crippen LogP contribution in [0, 0.1) is 5.82 Å². The molecule has 1 aliphatic rings. The zero-order chi connectivity index (χ0) is 15.5. The molecule has 116 valence electrons. The first kappa shape index (κ1) is 14.9. The molecule has 0 spiro atoms. The number of nitrogens with zero attached hydrogens (tertiary/aromatic N) is 1. The number of rotatable bonds is 3. The van der Waals surface area contributed by atoms with Crippen molar-refractivity contribution in [3.05, 3.63) is 59.9 Å². The molecule has 1 heterocycles. The van der Waals surface area contributed by atoms with E-state index in [0.717, 1.165) is 36.5 Å². The van der Waals surface area contributed by atoms with Gasteiger partial charge in [-0.15, -0.1) is 0 Å². The summed E-state index contributed by atoms with van der Waals surface area (Å²) in [6.07, 6.45) is 0.879. The summed E-state index contributed by atoms with van der Waals surface area (Å²) >= 11 is 0. The van der Waals surface area contributed by atoms with Gasteiger partial charge in [0.2, 0.25) is 0 Å². The Kier molecular flexibility index (Phi) is 4.29. The van der Waals surface area contributed by atoms with Crippen LogP contribution >= 0.6 is 0 Å². The number of ether oxygens (including phenoxy) is 1. The van der Waals surface area contributed by atoms with E-state index in [0.29, 0.717) is 0 Å². The number of hydrogen-bond donors (Lipinski definition) is 1. The highest BCUT2D eigenvalue weighted by molar-refractivity contribution is 5.52. The molecular weight excluding hydrogens is 279 g/mol. The van der Waals surface area contributed by atoms with Gasteiger partial charge in [-0.3, -0.25) is 0 Å². The summed E-state index contributed by atoms with van der Waals surface area (Å²) in [5.41, 5.74) is 8.34. The number of benzene rings is 2. The Balaban J connectivity index is 1.84. The standard InChI is InChI=1S/C18H21FN2O/c1-22-18-7-3-6-17(10-18)21-11-14(9-16(20)12-21)13-4-2-5-15(19)8-13/h2-8,10,14,16H,9,11-12,20H2,1H3. The highest BCUT2D eigenvalue weighted by atomic mass is 19.1. The molecule has 0 amide bonds. The minimum absolute atomic E-state index is 0.0771. The van der Waals surface area contributed by atoms with E-state index in [-0.39, 0.29) is 17.8 Å². The molecule has 0 aromatic heterocycles. The van der Waals surface area contributed by atoms with Gasteiger partial charge in [-0.05, 0) is 36.2 Å². The molecule has 2 unspecified atom stereocenters. The smallest absolute Gasteiger partial charge is 0.123 e. The van der Waals surface area contributed by atoms with Crippen LogP contribution in [0.25, 0.3) is 0 Å². The zero-order valence-electron chi connectivity index (χ0n) is 12.7. The van der Waals surface area contributed by atoms with E-state index in [1.54, 1.807) is 19.2 Å². The molecule has 0 aliphatic carbocycles. The van der Waals surface area contributed by atoms with E-state index < -0.39 is 0 Å². The molecule has 1 saturated heterocycles. The Morgan fingerprint density at radius 3 is 2.73 bits per heavy atom. The van der Waals surface area contributed by atoms with Crippen LogP contribution in [0.4, 0.5) is 10.1 Å². The number of halogens is 1. The Morgan fingerprint density at radius 2 is 1.95 bits per heavy atom. The Labute approximate surface area is 130 Å². The van der Waals surface area contributed by atoms with E-state index in [1.807, 2.05) is 24.3 Å². The van der Waals surface area contributed by atoms with E-state index in [1.165, 1.54) is 6.07 Å². The minimum atomic E-state index is -0.190. The third-order valence-corrected chi connectivity index (χ3v) is 4.22. The lowest BCUT2D eigenvalue weighted by Crippen LogP contribution is -2.46. The van der Waals surface area contributed by atoms with Gasteiger partial charge in [-0.2, -0.15) is 0 Å². The average Bonchev–Trinajstić information content (AvgIpc) is 2.54. The third kappa shape index (κ3) is 3.22. The molecule has 2 N–H and O–H groups in total. The van der Waals surface area contributed by atoms with Gasteiger partial charge in [0, 0.05) is 36.8 Å². The Hall–Kier alpha value is -2.07. The van der Waals surface area contributed by atoms with Gasteiger partial charge in [0.15, 0.2) is 0 Å². The second-order valence-electron chi connectivity index (χ2n) is 5.85. The SMILES string of the molecule is COc1cccc(N2CC(N)CC(c3cccc(F)c3)C2)c1. The fourth-order valence-electron chi connectivity index (χ4n) is 3.16. The van der Waals surface area contributed by atoms with E-state index in [2.05, 4.69) is 11.0 Å². The molecule has 0 saturated carbocycles. The first-order chi connectivity index (χ1) is 10.7. The van der Waals surface area contributed by atoms with Gasteiger partial charge in [0.25, 0.3) is 0 Å². The summed E-state index contributed by atoms with van der Waals surface area (Å²) in [6, 6.07) is 14.9. The maximum Gasteiger partial charge on any atom is 0.123 e. The lowest BCUT2D eigenvalue weighted by Gasteiger charge is -2.38. The Bertz CT molecular complexity index is 646. The van der Waals surface area contributed by atoms with Gasteiger partial charge < -0.3 is 15.4 Å². The minimum Gasteiger partial charge on any atom is -0.497 e. The molecule has 2 atom stereocenters. The van der Waals surface area contributed by atoms with Crippen LogP contribution in [0.2, 0.25) is 0 Å². The first-order valence-corrected chi connectivity index (χ1v) is 7.56. The van der Waals surface area contributed by atoms with Crippen LogP contribution < -0.4 is 15.4 Å². The lowest BCUT2D eigenvalue weighted by atomic mass is 9.88.